The zero-order valence-electron chi connectivity index (χ0n) is 11.7. The Kier molecular flexibility index (Phi) is 3.25. The number of nitrogens with zero attached hydrogens (tertiary/aromatic N) is 2. The van der Waals surface area contributed by atoms with E-state index in [0.717, 1.165) is 18.5 Å². The molecule has 21 heavy (non-hydrogen) atoms. The van der Waals surface area contributed by atoms with Gasteiger partial charge in [-0.05, 0) is 36.8 Å². The summed E-state index contributed by atoms with van der Waals surface area (Å²) >= 11 is 0. The number of nitrogens with two attached hydrogens (primary N) is 1. The average Bonchev–Trinajstić information content (AvgIpc) is 2.83. The van der Waals surface area contributed by atoms with Crippen LogP contribution in [0, 0.1) is 5.82 Å². The number of halogens is 1. The molecule has 3 aromatic rings. The van der Waals surface area contributed by atoms with E-state index in [0.29, 0.717) is 22.6 Å². The number of benzene rings is 2. The molecule has 0 radical (unpaired) electrons. The average molecular weight is 285 g/mol. The monoisotopic (exact) mass is 285 g/mol. The van der Waals surface area contributed by atoms with Gasteiger partial charge in [-0.1, -0.05) is 13.0 Å². The van der Waals surface area contributed by atoms with E-state index >= 15 is 0 Å². The van der Waals surface area contributed by atoms with Crippen molar-refractivity contribution in [3.8, 4) is 17.1 Å². The van der Waals surface area contributed by atoms with E-state index in [1.165, 1.54) is 6.07 Å². The van der Waals surface area contributed by atoms with Crippen molar-refractivity contribution in [3.05, 3.63) is 42.2 Å². The lowest BCUT2D eigenvalue weighted by atomic mass is 10.2. The molecule has 1 aromatic heterocycles. The molecular weight excluding hydrogens is 269 g/mol. The highest BCUT2D eigenvalue weighted by atomic mass is 19.1. The molecule has 108 valence electrons. The van der Waals surface area contributed by atoms with Crippen LogP contribution in [-0.2, 0) is 6.54 Å². The zero-order chi connectivity index (χ0) is 15.0. The summed E-state index contributed by atoms with van der Waals surface area (Å²) in [6, 6.07) is 9.88. The van der Waals surface area contributed by atoms with Gasteiger partial charge in [-0.3, -0.25) is 0 Å². The van der Waals surface area contributed by atoms with E-state index in [-0.39, 0.29) is 11.6 Å². The Hall–Kier alpha value is -2.56. The molecule has 0 saturated carbocycles. The van der Waals surface area contributed by atoms with Crippen molar-refractivity contribution >= 4 is 16.7 Å². The number of aromatic nitrogens is 2. The number of imidazole rings is 1. The maximum atomic E-state index is 13.9. The summed E-state index contributed by atoms with van der Waals surface area (Å²) in [5, 5.41) is 9.78. The summed E-state index contributed by atoms with van der Waals surface area (Å²) in [6.45, 7) is 2.77. The molecule has 2 aromatic carbocycles. The van der Waals surface area contributed by atoms with E-state index in [9.17, 15) is 9.50 Å². The molecule has 0 aliphatic carbocycles. The minimum Gasteiger partial charge on any atom is -0.506 e. The van der Waals surface area contributed by atoms with Gasteiger partial charge < -0.3 is 15.4 Å². The third-order valence-corrected chi connectivity index (χ3v) is 3.47. The Labute approximate surface area is 121 Å². The minimum atomic E-state index is -0.344. The van der Waals surface area contributed by atoms with E-state index in [4.69, 9.17) is 5.73 Å². The largest absolute Gasteiger partial charge is 0.506 e. The van der Waals surface area contributed by atoms with Gasteiger partial charge >= 0.3 is 0 Å². The highest BCUT2D eigenvalue weighted by molar-refractivity contribution is 5.81. The predicted molar refractivity (Wildman–Crippen MR) is 81.5 cm³/mol. The molecule has 0 atom stereocenters. The van der Waals surface area contributed by atoms with Gasteiger partial charge in [-0.25, -0.2) is 9.37 Å². The SMILES string of the molecule is CCCn1c(-c2ccc(N)c(O)c2)nc2c(F)cccc21. The van der Waals surface area contributed by atoms with Crippen LogP contribution in [0.2, 0.25) is 0 Å². The quantitative estimate of drug-likeness (QED) is 0.571. The number of phenols is 1. The molecule has 3 N–H and O–H groups in total. The second-order valence-corrected chi connectivity index (χ2v) is 4.97. The number of anilines is 1. The van der Waals surface area contributed by atoms with Crippen LogP contribution < -0.4 is 5.73 Å². The second kappa shape index (κ2) is 5.09. The smallest absolute Gasteiger partial charge is 0.151 e. The maximum Gasteiger partial charge on any atom is 0.151 e. The van der Waals surface area contributed by atoms with Crippen LogP contribution in [0.4, 0.5) is 10.1 Å². The van der Waals surface area contributed by atoms with Crippen molar-refractivity contribution < 1.29 is 9.50 Å². The number of nitrogen functional groups attached to an aromatic ring is 1. The van der Waals surface area contributed by atoms with Crippen molar-refractivity contribution in [1.29, 1.82) is 0 Å². The van der Waals surface area contributed by atoms with Crippen LogP contribution in [-0.4, -0.2) is 14.7 Å². The lowest BCUT2D eigenvalue weighted by molar-refractivity contribution is 0.478. The van der Waals surface area contributed by atoms with Crippen molar-refractivity contribution in [2.24, 2.45) is 0 Å². The van der Waals surface area contributed by atoms with Crippen LogP contribution >= 0.6 is 0 Å². The van der Waals surface area contributed by atoms with Crippen LogP contribution in [0.5, 0.6) is 5.75 Å². The number of hydrogen-bond acceptors (Lipinski definition) is 3. The molecule has 0 unspecified atom stereocenters. The summed E-state index contributed by atoms with van der Waals surface area (Å²) in [7, 11) is 0. The lowest BCUT2D eigenvalue weighted by Crippen LogP contribution is -2.00. The number of rotatable bonds is 3. The second-order valence-electron chi connectivity index (χ2n) is 4.97. The van der Waals surface area contributed by atoms with E-state index in [1.807, 2.05) is 10.6 Å². The van der Waals surface area contributed by atoms with Crippen molar-refractivity contribution in [2.75, 3.05) is 5.73 Å². The summed E-state index contributed by atoms with van der Waals surface area (Å²) in [5.74, 6) is 0.290. The molecule has 0 fully saturated rings. The molecule has 0 amide bonds. The molecular formula is C16H16FN3O. The Morgan fingerprint density at radius 3 is 2.81 bits per heavy atom. The van der Waals surface area contributed by atoms with Crippen molar-refractivity contribution in [3.63, 3.8) is 0 Å². The molecule has 0 aliphatic rings. The predicted octanol–water partition coefficient (Wildman–Crippen LogP) is 3.54. The standard InChI is InChI=1S/C16H16FN3O/c1-2-8-20-13-5-3-4-11(17)15(13)19-16(20)10-6-7-12(18)14(21)9-10/h3-7,9,21H,2,8,18H2,1H3. The maximum absolute atomic E-state index is 13.9. The highest BCUT2D eigenvalue weighted by Crippen LogP contribution is 2.30. The first-order valence-corrected chi connectivity index (χ1v) is 6.85. The summed E-state index contributed by atoms with van der Waals surface area (Å²) in [4.78, 5) is 4.41. The summed E-state index contributed by atoms with van der Waals surface area (Å²) in [6.07, 6.45) is 0.899. The third kappa shape index (κ3) is 2.20. The lowest BCUT2D eigenvalue weighted by Gasteiger charge is -2.08. The fraction of sp³-hybridized carbons (Fsp3) is 0.188. The van der Waals surface area contributed by atoms with Gasteiger partial charge in [0.15, 0.2) is 5.82 Å². The number of phenolic OH excluding ortho intramolecular Hbond substituents is 1. The van der Waals surface area contributed by atoms with Crippen molar-refractivity contribution in [1.82, 2.24) is 9.55 Å². The molecule has 0 saturated heterocycles. The van der Waals surface area contributed by atoms with Gasteiger partial charge in [-0.15, -0.1) is 0 Å². The van der Waals surface area contributed by atoms with E-state index < -0.39 is 0 Å². The fourth-order valence-corrected chi connectivity index (χ4v) is 2.47. The van der Waals surface area contributed by atoms with Gasteiger partial charge in [0.05, 0.1) is 11.2 Å². The normalized spacial score (nSPS) is 11.1. The van der Waals surface area contributed by atoms with E-state index in [2.05, 4.69) is 11.9 Å². The first-order chi connectivity index (χ1) is 10.1. The number of aromatic hydroxyl groups is 1. The first kappa shape index (κ1) is 13.4. The van der Waals surface area contributed by atoms with Crippen LogP contribution in [0.15, 0.2) is 36.4 Å². The van der Waals surface area contributed by atoms with Crippen LogP contribution in [0.3, 0.4) is 0 Å². The molecule has 0 bridgehead atoms. The number of para-hydroxylation sites is 1. The van der Waals surface area contributed by atoms with Gasteiger partial charge in [-0.2, -0.15) is 0 Å². The van der Waals surface area contributed by atoms with E-state index in [1.54, 1.807) is 24.3 Å². The van der Waals surface area contributed by atoms with Crippen LogP contribution in [0.1, 0.15) is 13.3 Å². The fourth-order valence-electron chi connectivity index (χ4n) is 2.47. The molecule has 4 nitrogen and oxygen atoms in total. The summed E-state index contributed by atoms with van der Waals surface area (Å²) in [5.41, 5.74) is 7.75. The minimum absolute atomic E-state index is 0.00285. The van der Waals surface area contributed by atoms with Crippen molar-refractivity contribution in [2.45, 2.75) is 19.9 Å². The Morgan fingerprint density at radius 1 is 1.29 bits per heavy atom. The topological polar surface area (TPSA) is 64.1 Å². The molecule has 1 heterocycles. The Morgan fingerprint density at radius 2 is 2.10 bits per heavy atom. The molecule has 0 spiro atoms. The zero-order valence-corrected chi connectivity index (χ0v) is 11.7. The van der Waals surface area contributed by atoms with Gasteiger partial charge in [0.25, 0.3) is 0 Å². The van der Waals surface area contributed by atoms with Gasteiger partial charge in [0.2, 0.25) is 0 Å². The number of fused-ring (bicyclic) bond motifs is 1. The molecule has 0 aliphatic heterocycles. The molecule has 3 rings (SSSR count). The highest BCUT2D eigenvalue weighted by Gasteiger charge is 2.15. The number of aryl methyl sites for hydroxylation is 1. The summed E-state index contributed by atoms with van der Waals surface area (Å²) < 4.78 is 15.9. The Balaban J connectivity index is 2.27. The van der Waals surface area contributed by atoms with Gasteiger partial charge in [0.1, 0.15) is 17.1 Å². The van der Waals surface area contributed by atoms with Crippen LogP contribution in [0.25, 0.3) is 22.4 Å². The van der Waals surface area contributed by atoms with Gasteiger partial charge in [0, 0.05) is 12.1 Å². The third-order valence-electron chi connectivity index (χ3n) is 3.47. The number of hydrogen-bond donors (Lipinski definition) is 2. The first-order valence-electron chi connectivity index (χ1n) is 6.85. The Bertz CT molecular complexity index is 811. The molecule has 5 heteroatoms.